The summed E-state index contributed by atoms with van der Waals surface area (Å²) < 4.78 is 28.5. The lowest BCUT2D eigenvalue weighted by molar-refractivity contribution is -0.124. The van der Waals surface area contributed by atoms with Crippen LogP contribution in [0.3, 0.4) is 0 Å². The second-order valence-corrected chi connectivity index (χ2v) is 10.4. The van der Waals surface area contributed by atoms with Gasteiger partial charge in [-0.15, -0.1) is 0 Å². The number of methoxy groups -OCH3 is 1. The summed E-state index contributed by atoms with van der Waals surface area (Å²) in [6.07, 6.45) is 2.24. The maximum Gasteiger partial charge on any atom is 0.266 e. The van der Waals surface area contributed by atoms with Crippen LogP contribution in [0.15, 0.2) is 29.2 Å². The van der Waals surface area contributed by atoms with Crippen LogP contribution in [0, 0.1) is 0 Å². The predicted octanol–water partition coefficient (Wildman–Crippen LogP) is 1.59. The lowest BCUT2D eigenvalue weighted by Crippen LogP contribution is -2.38. The van der Waals surface area contributed by atoms with Gasteiger partial charge in [-0.3, -0.25) is 14.5 Å². The topological polar surface area (TPSA) is 92.8 Å². The van der Waals surface area contributed by atoms with Crippen LogP contribution in [0.25, 0.3) is 6.08 Å². The van der Waals surface area contributed by atoms with E-state index in [-0.39, 0.29) is 42.3 Å². The lowest BCUT2D eigenvalue weighted by atomic mass is 10.2. The fourth-order valence-electron chi connectivity index (χ4n) is 3.00. The van der Waals surface area contributed by atoms with Crippen molar-refractivity contribution in [3.63, 3.8) is 0 Å². The number of rotatable bonds is 6. The molecule has 1 atom stereocenters. The van der Waals surface area contributed by atoms with E-state index in [0.717, 1.165) is 5.56 Å². The third-order valence-electron chi connectivity index (χ3n) is 4.43. The van der Waals surface area contributed by atoms with Crippen LogP contribution in [0.4, 0.5) is 0 Å². The highest BCUT2D eigenvalue weighted by atomic mass is 32.2. The molecule has 1 aromatic rings. The Balaban J connectivity index is 1.57. The molecule has 1 N–H and O–H groups in total. The van der Waals surface area contributed by atoms with Crippen molar-refractivity contribution in [2.24, 2.45) is 0 Å². The average Bonchev–Trinajstić information content (AvgIpc) is 3.11. The van der Waals surface area contributed by atoms with Gasteiger partial charge in [-0.2, -0.15) is 0 Å². The number of ether oxygens (including phenoxy) is 1. The zero-order valence-corrected chi connectivity index (χ0v) is 17.7. The highest BCUT2D eigenvalue weighted by Gasteiger charge is 2.33. The normalized spacial score (nSPS) is 22.7. The molecule has 0 radical (unpaired) electrons. The molecule has 0 bridgehead atoms. The summed E-state index contributed by atoms with van der Waals surface area (Å²) >= 11 is 6.47. The predicted molar refractivity (Wildman–Crippen MR) is 113 cm³/mol. The van der Waals surface area contributed by atoms with Gasteiger partial charge in [0, 0.05) is 19.0 Å². The molecule has 2 aliphatic heterocycles. The maximum atomic E-state index is 12.6. The first-order chi connectivity index (χ1) is 13.3. The summed E-state index contributed by atoms with van der Waals surface area (Å²) in [5.41, 5.74) is 0.819. The molecule has 150 valence electrons. The third-order valence-corrected chi connectivity index (χ3v) is 7.57. The molecule has 28 heavy (non-hydrogen) atoms. The number of amides is 2. The van der Waals surface area contributed by atoms with Crippen molar-refractivity contribution in [2.75, 3.05) is 25.2 Å². The highest BCUT2D eigenvalue weighted by Crippen LogP contribution is 2.33. The van der Waals surface area contributed by atoms with Gasteiger partial charge in [0.1, 0.15) is 10.1 Å². The molecule has 1 aromatic carbocycles. The smallest absolute Gasteiger partial charge is 0.266 e. The van der Waals surface area contributed by atoms with Crippen molar-refractivity contribution in [3.05, 3.63) is 34.7 Å². The van der Waals surface area contributed by atoms with Crippen LogP contribution < -0.4 is 10.1 Å². The molecule has 3 rings (SSSR count). The minimum Gasteiger partial charge on any atom is -0.497 e. The number of benzene rings is 1. The number of thioether (sulfide) groups is 1. The standard InChI is InChI=1S/C18H20N2O5S3/c1-25-14-4-2-3-12(9-14)10-15-17(22)20(18(26)27-15)7-5-16(21)19-13-6-8-28(23,24)11-13/h2-4,9-10,13H,5-8,11H2,1H3,(H,19,21). The Bertz CT molecular complexity index is 942. The summed E-state index contributed by atoms with van der Waals surface area (Å²) in [5, 5.41) is 2.72. The molecule has 0 aromatic heterocycles. The number of hydrogen-bond acceptors (Lipinski definition) is 7. The Morgan fingerprint density at radius 2 is 2.25 bits per heavy atom. The molecule has 2 aliphatic rings. The van der Waals surface area contributed by atoms with E-state index in [1.165, 1.54) is 16.7 Å². The van der Waals surface area contributed by atoms with Crippen LogP contribution in [-0.4, -0.2) is 60.7 Å². The number of nitrogens with zero attached hydrogens (tertiary/aromatic N) is 1. The molecule has 0 aliphatic carbocycles. The van der Waals surface area contributed by atoms with Gasteiger partial charge >= 0.3 is 0 Å². The number of sulfone groups is 1. The Kier molecular flexibility index (Phi) is 6.41. The number of carbonyl (C=O) groups excluding carboxylic acids is 2. The Hall–Kier alpha value is -1.91. The zero-order chi connectivity index (χ0) is 20.3. The first-order valence-electron chi connectivity index (χ1n) is 8.66. The lowest BCUT2D eigenvalue weighted by Gasteiger charge is -2.15. The minimum absolute atomic E-state index is 0.0247. The Morgan fingerprint density at radius 1 is 1.46 bits per heavy atom. The van der Waals surface area contributed by atoms with Crippen LogP contribution in [0.1, 0.15) is 18.4 Å². The van der Waals surface area contributed by atoms with Crippen LogP contribution in [0.2, 0.25) is 0 Å². The summed E-state index contributed by atoms with van der Waals surface area (Å²) in [7, 11) is -1.48. The Morgan fingerprint density at radius 3 is 2.93 bits per heavy atom. The molecule has 0 spiro atoms. The molecule has 2 saturated heterocycles. The summed E-state index contributed by atoms with van der Waals surface area (Å²) in [5.74, 6) is 0.238. The van der Waals surface area contributed by atoms with Crippen molar-refractivity contribution in [3.8, 4) is 5.75 Å². The third kappa shape index (κ3) is 5.12. The van der Waals surface area contributed by atoms with E-state index in [2.05, 4.69) is 5.32 Å². The van der Waals surface area contributed by atoms with E-state index in [1.54, 1.807) is 13.2 Å². The molecular weight excluding hydrogens is 420 g/mol. The van der Waals surface area contributed by atoms with E-state index >= 15 is 0 Å². The second-order valence-electron chi connectivity index (χ2n) is 6.53. The first kappa shape index (κ1) is 20.8. The van der Waals surface area contributed by atoms with E-state index < -0.39 is 9.84 Å². The van der Waals surface area contributed by atoms with Gasteiger partial charge in [0.25, 0.3) is 5.91 Å². The van der Waals surface area contributed by atoms with Gasteiger partial charge in [0.05, 0.1) is 23.5 Å². The van der Waals surface area contributed by atoms with E-state index in [4.69, 9.17) is 17.0 Å². The molecule has 0 saturated carbocycles. The van der Waals surface area contributed by atoms with Crippen molar-refractivity contribution < 1.29 is 22.7 Å². The van der Waals surface area contributed by atoms with Crippen molar-refractivity contribution >= 4 is 56.0 Å². The quantitative estimate of drug-likeness (QED) is 0.530. The highest BCUT2D eigenvalue weighted by molar-refractivity contribution is 8.26. The van der Waals surface area contributed by atoms with Gasteiger partial charge in [0.15, 0.2) is 9.84 Å². The van der Waals surface area contributed by atoms with Gasteiger partial charge in [-0.1, -0.05) is 36.1 Å². The summed E-state index contributed by atoms with van der Waals surface area (Å²) in [4.78, 5) is 26.6. The molecule has 7 nitrogen and oxygen atoms in total. The van der Waals surface area contributed by atoms with E-state index in [0.29, 0.717) is 21.4 Å². The van der Waals surface area contributed by atoms with Crippen LogP contribution in [-0.2, 0) is 19.4 Å². The minimum atomic E-state index is -3.05. The average molecular weight is 441 g/mol. The van der Waals surface area contributed by atoms with Gasteiger partial charge < -0.3 is 10.1 Å². The molecule has 2 amide bonds. The van der Waals surface area contributed by atoms with Gasteiger partial charge in [0.2, 0.25) is 5.91 Å². The van der Waals surface area contributed by atoms with Crippen LogP contribution in [0.5, 0.6) is 5.75 Å². The van der Waals surface area contributed by atoms with Crippen molar-refractivity contribution in [2.45, 2.75) is 18.9 Å². The maximum absolute atomic E-state index is 12.6. The van der Waals surface area contributed by atoms with Gasteiger partial charge in [-0.05, 0) is 30.2 Å². The summed E-state index contributed by atoms with van der Waals surface area (Å²) in [6, 6.07) is 6.97. The van der Waals surface area contributed by atoms with E-state index in [1.807, 2.05) is 24.3 Å². The SMILES string of the molecule is COc1cccc(C=C2SC(=S)N(CCC(=O)NC3CCS(=O)(=O)C3)C2=O)c1. The Labute approximate surface area is 173 Å². The molecular formula is C18H20N2O5S3. The number of carbonyl (C=O) groups is 2. The molecule has 10 heteroatoms. The number of thiocarbonyl (C=S) groups is 1. The summed E-state index contributed by atoms with van der Waals surface area (Å²) in [6.45, 7) is 0.158. The number of nitrogens with one attached hydrogen (secondary N) is 1. The zero-order valence-electron chi connectivity index (χ0n) is 15.2. The fourth-order valence-corrected chi connectivity index (χ4v) is 5.98. The van der Waals surface area contributed by atoms with Crippen molar-refractivity contribution in [1.29, 1.82) is 0 Å². The molecule has 2 heterocycles. The van der Waals surface area contributed by atoms with Gasteiger partial charge in [-0.25, -0.2) is 8.42 Å². The monoisotopic (exact) mass is 440 g/mol. The second kappa shape index (κ2) is 8.62. The fraction of sp³-hybridized carbons (Fsp3) is 0.389. The largest absolute Gasteiger partial charge is 0.497 e. The number of hydrogen-bond donors (Lipinski definition) is 1. The van der Waals surface area contributed by atoms with Crippen LogP contribution >= 0.6 is 24.0 Å². The molecule has 2 fully saturated rings. The first-order valence-corrected chi connectivity index (χ1v) is 11.7. The van der Waals surface area contributed by atoms with E-state index in [9.17, 15) is 18.0 Å². The molecule has 1 unspecified atom stereocenters. The van der Waals surface area contributed by atoms with Crippen molar-refractivity contribution in [1.82, 2.24) is 10.2 Å².